The largest absolute Gasteiger partial charge is 0.309 e. The van der Waals surface area contributed by atoms with Gasteiger partial charge in [0.1, 0.15) is 0 Å². The van der Waals surface area contributed by atoms with Crippen molar-refractivity contribution in [1.82, 2.24) is 29.1 Å². The van der Waals surface area contributed by atoms with Gasteiger partial charge in [0.15, 0.2) is 17.5 Å². The van der Waals surface area contributed by atoms with Gasteiger partial charge in [0.25, 0.3) is 0 Å². The molecular weight excluding hydrogens is 877 g/mol. The van der Waals surface area contributed by atoms with Crippen LogP contribution in [0, 0.1) is 27.7 Å². The summed E-state index contributed by atoms with van der Waals surface area (Å²) < 4.78 is 4.80. The van der Waals surface area contributed by atoms with E-state index < -0.39 is 0 Å². The van der Waals surface area contributed by atoms with Gasteiger partial charge < -0.3 is 9.13 Å². The minimum Gasteiger partial charge on any atom is -0.309 e. The SMILES string of the molecule is Cc1ccc(-c2ccc3c(c2)c2ccccc2n3-c2ccc(-c3nc(-c4ccccc4)nc(-c4ccccc4)n3)cc2-c2ncccc2-n2c3ccccc3c3cc(-c4ccc(C)cc4C)ccc32)c(C)c1. The highest BCUT2D eigenvalue weighted by atomic mass is 15.0. The number of nitrogens with zero attached hydrogens (tertiary/aromatic N) is 6. The molecule has 0 aliphatic rings. The lowest BCUT2D eigenvalue weighted by atomic mass is 9.97. The molecular formula is C66H48N6. The average Bonchev–Trinajstić information content (AvgIpc) is 3.93. The van der Waals surface area contributed by atoms with Crippen LogP contribution in [0.4, 0.5) is 0 Å². The summed E-state index contributed by atoms with van der Waals surface area (Å²) in [5.41, 5.74) is 20.7. The van der Waals surface area contributed by atoms with Crippen molar-refractivity contribution in [3.63, 3.8) is 0 Å². The summed E-state index contributed by atoms with van der Waals surface area (Å²) in [6.45, 7) is 8.71. The molecule has 0 saturated heterocycles. The smallest absolute Gasteiger partial charge is 0.164 e. The standard InChI is InChI=1S/C66H48N6/c1-41-25-30-50(43(3)36-41)47-27-32-59-54(38-47)52-20-11-13-22-57(52)71(59)61-34-29-49(66-69-64(45-16-7-5-8-17-45)68-65(70-66)46-18-9-6-10-19-46)40-56(61)63-62(24-15-35-67-63)72-58-23-14-12-21-53(58)55-39-48(28-33-60(55)72)51-31-26-42(2)37-44(51)4/h5-40H,1-4H3. The van der Waals surface area contributed by atoms with E-state index in [1.165, 1.54) is 66.1 Å². The second-order valence-corrected chi connectivity index (χ2v) is 18.9. The third-order valence-electron chi connectivity index (χ3n) is 14.2. The number of hydrogen-bond donors (Lipinski definition) is 0. The minimum atomic E-state index is 0.573. The number of pyridine rings is 1. The van der Waals surface area contributed by atoms with Crippen LogP contribution in [0.25, 0.3) is 123 Å². The van der Waals surface area contributed by atoms with Crippen molar-refractivity contribution < 1.29 is 0 Å². The Morgan fingerprint density at radius 3 is 1.29 bits per heavy atom. The van der Waals surface area contributed by atoms with Crippen molar-refractivity contribution in [2.24, 2.45) is 0 Å². The predicted molar refractivity (Wildman–Crippen MR) is 298 cm³/mol. The number of hydrogen-bond acceptors (Lipinski definition) is 4. The van der Waals surface area contributed by atoms with E-state index in [2.05, 4.69) is 182 Å². The Hall–Kier alpha value is -9.26. The van der Waals surface area contributed by atoms with E-state index in [9.17, 15) is 0 Å². The van der Waals surface area contributed by atoms with E-state index in [4.69, 9.17) is 19.9 Å². The fraction of sp³-hybridized carbons (Fsp3) is 0.0606. The average molecular weight is 925 g/mol. The Kier molecular flexibility index (Phi) is 10.3. The van der Waals surface area contributed by atoms with Crippen LogP contribution in [0.5, 0.6) is 0 Å². The highest BCUT2D eigenvalue weighted by molar-refractivity contribution is 6.13. The molecule has 13 aromatic rings. The molecule has 0 bridgehead atoms. The first-order valence-electron chi connectivity index (χ1n) is 24.5. The maximum Gasteiger partial charge on any atom is 0.164 e. The van der Waals surface area contributed by atoms with Crippen LogP contribution in [0.3, 0.4) is 0 Å². The number of aryl methyl sites for hydroxylation is 4. The number of para-hydroxylation sites is 2. The van der Waals surface area contributed by atoms with Crippen molar-refractivity contribution >= 4 is 43.6 Å². The van der Waals surface area contributed by atoms with E-state index in [1.807, 2.05) is 72.9 Å². The third kappa shape index (κ3) is 7.26. The molecule has 4 aromatic heterocycles. The van der Waals surface area contributed by atoms with Gasteiger partial charge in [-0.15, -0.1) is 0 Å². The zero-order valence-corrected chi connectivity index (χ0v) is 40.5. The van der Waals surface area contributed by atoms with Crippen molar-refractivity contribution in [1.29, 1.82) is 0 Å². The summed E-state index contributed by atoms with van der Waals surface area (Å²) in [5.74, 6) is 1.79. The minimum absolute atomic E-state index is 0.573. The fourth-order valence-corrected chi connectivity index (χ4v) is 10.9. The van der Waals surface area contributed by atoms with Crippen LogP contribution in [-0.2, 0) is 0 Å². The monoisotopic (exact) mass is 924 g/mol. The molecule has 0 saturated carbocycles. The van der Waals surface area contributed by atoms with Gasteiger partial charge in [0, 0.05) is 50.0 Å². The summed E-state index contributed by atoms with van der Waals surface area (Å²) in [5, 5.41) is 4.71. The Morgan fingerprint density at radius 1 is 0.306 bits per heavy atom. The van der Waals surface area contributed by atoms with Crippen molar-refractivity contribution in [3.8, 4) is 79.0 Å². The number of fused-ring (bicyclic) bond motifs is 6. The van der Waals surface area contributed by atoms with Crippen LogP contribution in [0.2, 0.25) is 0 Å². The quantitative estimate of drug-likeness (QED) is 0.152. The van der Waals surface area contributed by atoms with E-state index >= 15 is 0 Å². The van der Waals surface area contributed by atoms with Gasteiger partial charge in [0.2, 0.25) is 0 Å². The van der Waals surface area contributed by atoms with Crippen LogP contribution in [-0.4, -0.2) is 29.1 Å². The third-order valence-corrected chi connectivity index (χ3v) is 14.2. The molecule has 4 heterocycles. The molecule has 0 amide bonds. The van der Waals surface area contributed by atoms with Gasteiger partial charge in [-0.25, -0.2) is 15.0 Å². The summed E-state index contributed by atoms with van der Waals surface area (Å²) in [6.07, 6.45) is 1.91. The zero-order chi connectivity index (χ0) is 48.5. The first-order chi connectivity index (χ1) is 35.3. The summed E-state index contributed by atoms with van der Waals surface area (Å²) in [7, 11) is 0. The molecule has 9 aromatic carbocycles. The molecule has 0 atom stereocenters. The maximum absolute atomic E-state index is 5.38. The molecule has 0 fully saturated rings. The maximum atomic E-state index is 5.38. The van der Waals surface area contributed by atoms with Gasteiger partial charge in [0.05, 0.1) is 39.1 Å². The van der Waals surface area contributed by atoms with Crippen LogP contribution in [0.1, 0.15) is 22.3 Å². The van der Waals surface area contributed by atoms with Crippen molar-refractivity contribution in [2.75, 3.05) is 0 Å². The molecule has 0 unspecified atom stereocenters. The van der Waals surface area contributed by atoms with Gasteiger partial charge in [-0.3, -0.25) is 4.98 Å². The summed E-state index contributed by atoms with van der Waals surface area (Å²) in [6, 6.07) is 75.9. The second kappa shape index (κ2) is 17.3. The normalized spacial score (nSPS) is 11.6. The highest BCUT2D eigenvalue weighted by Gasteiger charge is 2.24. The lowest BCUT2D eigenvalue weighted by Crippen LogP contribution is -2.04. The van der Waals surface area contributed by atoms with Gasteiger partial charge in [-0.2, -0.15) is 0 Å². The van der Waals surface area contributed by atoms with Crippen molar-refractivity contribution in [3.05, 3.63) is 241 Å². The Morgan fingerprint density at radius 2 is 0.764 bits per heavy atom. The molecule has 72 heavy (non-hydrogen) atoms. The number of benzene rings is 9. The van der Waals surface area contributed by atoms with Crippen LogP contribution in [0.15, 0.2) is 219 Å². The fourth-order valence-electron chi connectivity index (χ4n) is 10.9. The Labute approximate surface area is 418 Å². The summed E-state index contributed by atoms with van der Waals surface area (Å²) in [4.78, 5) is 20.9. The molecule has 0 aliphatic heterocycles. The van der Waals surface area contributed by atoms with Crippen LogP contribution >= 0.6 is 0 Å². The van der Waals surface area contributed by atoms with E-state index in [0.29, 0.717) is 17.5 Å². The topological polar surface area (TPSA) is 61.4 Å². The van der Waals surface area contributed by atoms with Crippen LogP contribution < -0.4 is 0 Å². The predicted octanol–water partition coefficient (Wildman–Crippen LogP) is 16.7. The highest BCUT2D eigenvalue weighted by Crippen LogP contribution is 2.43. The molecule has 342 valence electrons. The number of aromatic nitrogens is 6. The Balaban J connectivity index is 1.08. The first kappa shape index (κ1) is 42.8. The van der Waals surface area contributed by atoms with E-state index in [0.717, 1.165) is 61.4 Å². The van der Waals surface area contributed by atoms with Gasteiger partial charge in [-0.1, -0.05) is 157 Å². The molecule has 6 nitrogen and oxygen atoms in total. The lowest BCUT2D eigenvalue weighted by molar-refractivity contribution is 1.07. The Bertz CT molecular complexity index is 4200. The van der Waals surface area contributed by atoms with E-state index in [1.54, 1.807) is 0 Å². The summed E-state index contributed by atoms with van der Waals surface area (Å²) >= 11 is 0. The molecule has 0 radical (unpaired) electrons. The molecule has 0 N–H and O–H groups in total. The zero-order valence-electron chi connectivity index (χ0n) is 40.5. The first-order valence-corrected chi connectivity index (χ1v) is 24.5. The second-order valence-electron chi connectivity index (χ2n) is 18.9. The molecule has 0 aliphatic carbocycles. The van der Waals surface area contributed by atoms with E-state index in [-0.39, 0.29) is 0 Å². The molecule has 6 heteroatoms. The molecule has 13 rings (SSSR count). The number of rotatable bonds is 8. The lowest BCUT2D eigenvalue weighted by Gasteiger charge is -2.19. The van der Waals surface area contributed by atoms with Gasteiger partial charge in [-0.05, 0) is 128 Å². The van der Waals surface area contributed by atoms with Crippen molar-refractivity contribution in [2.45, 2.75) is 27.7 Å². The van der Waals surface area contributed by atoms with Gasteiger partial charge >= 0.3 is 0 Å². The molecule has 0 spiro atoms.